The molecule has 0 bridgehead atoms. The van der Waals surface area contributed by atoms with Gasteiger partial charge in [0.1, 0.15) is 23.1 Å². The number of nitrogens with two attached hydrogens (primary N) is 1. The van der Waals surface area contributed by atoms with Crippen LogP contribution in [0.4, 0.5) is 0 Å². The Morgan fingerprint density at radius 2 is 2.07 bits per heavy atom. The molecule has 1 aliphatic heterocycles. The van der Waals surface area contributed by atoms with E-state index in [0.29, 0.717) is 27.1 Å². The smallest absolute Gasteiger partial charge is 0.256 e. The second-order valence-corrected chi connectivity index (χ2v) is 6.92. The number of nitrogens with one attached hydrogen (secondary N) is 1. The van der Waals surface area contributed by atoms with Gasteiger partial charge in [0.2, 0.25) is 5.88 Å². The fraction of sp³-hybridized carbons (Fsp3) is 0.100. The molecule has 0 saturated carbocycles. The zero-order valence-corrected chi connectivity index (χ0v) is 15.8. The molecule has 6 nitrogen and oxygen atoms in total. The predicted molar refractivity (Wildman–Crippen MR) is 105 cm³/mol. The van der Waals surface area contributed by atoms with E-state index in [4.69, 9.17) is 15.2 Å². The standard InChI is InChI=1S/C20H14BrN3O3/c1-26-15-7-6-10(8-13(15)21)16-12(9-22)19(23)27-18-11-4-2-3-5-14(11)24-20(25)17(16)18/h2-8,16H,23H2,1H3,(H,24,25). The Balaban J connectivity index is 2.05. The summed E-state index contributed by atoms with van der Waals surface area (Å²) in [6.45, 7) is 0. The van der Waals surface area contributed by atoms with Crippen molar-refractivity contribution < 1.29 is 9.47 Å². The maximum atomic E-state index is 12.9. The van der Waals surface area contributed by atoms with Crippen LogP contribution in [0.15, 0.2) is 63.2 Å². The normalized spacial score (nSPS) is 15.8. The molecule has 1 unspecified atom stereocenters. The van der Waals surface area contributed by atoms with Gasteiger partial charge in [0, 0.05) is 5.39 Å². The summed E-state index contributed by atoms with van der Waals surface area (Å²) in [5.74, 6) is 0.378. The maximum absolute atomic E-state index is 12.9. The van der Waals surface area contributed by atoms with E-state index in [1.165, 1.54) is 0 Å². The minimum absolute atomic E-state index is 0.00214. The van der Waals surface area contributed by atoms with Gasteiger partial charge in [-0.3, -0.25) is 4.79 Å². The first-order valence-corrected chi connectivity index (χ1v) is 8.90. The van der Waals surface area contributed by atoms with Gasteiger partial charge in [0.15, 0.2) is 0 Å². The molecule has 0 spiro atoms. The summed E-state index contributed by atoms with van der Waals surface area (Å²) in [5.41, 5.74) is 7.66. The summed E-state index contributed by atoms with van der Waals surface area (Å²) >= 11 is 3.46. The fourth-order valence-corrected chi connectivity index (χ4v) is 3.93. The molecular formula is C20H14BrN3O3. The van der Waals surface area contributed by atoms with E-state index in [0.717, 1.165) is 10.9 Å². The third kappa shape index (κ3) is 2.66. The van der Waals surface area contributed by atoms with Crippen LogP contribution in [0.3, 0.4) is 0 Å². The summed E-state index contributed by atoms with van der Waals surface area (Å²) in [7, 11) is 1.57. The highest BCUT2D eigenvalue weighted by molar-refractivity contribution is 9.10. The van der Waals surface area contributed by atoms with Crippen LogP contribution in [0.25, 0.3) is 10.9 Å². The van der Waals surface area contributed by atoms with Crippen molar-refractivity contribution in [1.29, 1.82) is 5.26 Å². The van der Waals surface area contributed by atoms with Crippen LogP contribution in [-0.4, -0.2) is 12.1 Å². The fourth-order valence-electron chi connectivity index (χ4n) is 3.37. The number of aromatic nitrogens is 1. The molecule has 1 aliphatic rings. The van der Waals surface area contributed by atoms with Gasteiger partial charge < -0.3 is 20.2 Å². The van der Waals surface area contributed by atoms with Gasteiger partial charge in [0.25, 0.3) is 5.56 Å². The average molecular weight is 424 g/mol. The minimum atomic E-state index is -0.644. The maximum Gasteiger partial charge on any atom is 0.256 e. The number of fused-ring (bicyclic) bond motifs is 3. The van der Waals surface area contributed by atoms with Crippen molar-refractivity contribution in [3.05, 3.63) is 79.9 Å². The SMILES string of the molecule is COc1ccc(C2C(C#N)=C(N)Oc3c2c(=O)[nH]c2ccccc32)cc1Br. The Hall–Kier alpha value is -3.24. The van der Waals surface area contributed by atoms with Gasteiger partial charge in [-0.25, -0.2) is 0 Å². The molecule has 7 heteroatoms. The molecule has 4 rings (SSSR count). The quantitative estimate of drug-likeness (QED) is 0.656. The van der Waals surface area contributed by atoms with Crippen molar-refractivity contribution in [3.8, 4) is 17.6 Å². The van der Waals surface area contributed by atoms with Crippen molar-refractivity contribution in [1.82, 2.24) is 4.98 Å². The third-order valence-electron chi connectivity index (χ3n) is 4.59. The van der Waals surface area contributed by atoms with E-state index >= 15 is 0 Å². The molecule has 0 fully saturated rings. The highest BCUT2D eigenvalue weighted by Crippen LogP contribution is 2.44. The molecule has 1 aromatic heterocycles. The molecule has 0 amide bonds. The Morgan fingerprint density at radius 3 is 2.78 bits per heavy atom. The molecule has 1 atom stereocenters. The largest absolute Gasteiger partial charge is 0.496 e. The number of allylic oxidation sites excluding steroid dienone is 1. The first-order valence-electron chi connectivity index (χ1n) is 8.11. The molecule has 0 aliphatic carbocycles. The Bertz CT molecular complexity index is 1210. The first kappa shape index (κ1) is 17.2. The first-order chi connectivity index (χ1) is 13.0. The number of hydrogen-bond acceptors (Lipinski definition) is 5. The van der Waals surface area contributed by atoms with E-state index in [9.17, 15) is 10.1 Å². The Labute approximate surface area is 163 Å². The van der Waals surface area contributed by atoms with Crippen molar-refractivity contribution in [3.63, 3.8) is 0 Å². The molecule has 134 valence electrons. The van der Waals surface area contributed by atoms with E-state index in [1.807, 2.05) is 30.3 Å². The Morgan fingerprint density at radius 1 is 1.30 bits per heavy atom. The number of nitrogens with zero attached hydrogens (tertiary/aromatic N) is 1. The summed E-state index contributed by atoms with van der Waals surface area (Å²) in [4.78, 5) is 15.8. The molecule has 3 N–H and O–H groups in total. The number of hydrogen-bond donors (Lipinski definition) is 2. The van der Waals surface area contributed by atoms with E-state index in [-0.39, 0.29) is 17.0 Å². The number of aromatic amines is 1. The molecule has 27 heavy (non-hydrogen) atoms. The van der Waals surface area contributed by atoms with E-state index in [2.05, 4.69) is 27.0 Å². The molecule has 0 saturated heterocycles. The lowest BCUT2D eigenvalue weighted by Crippen LogP contribution is -2.27. The van der Waals surface area contributed by atoms with Crippen molar-refractivity contribution in [2.24, 2.45) is 5.73 Å². The predicted octanol–water partition coefficient (Wildman–Crippen LogP) is 3.52. The number of halogens is 1. The van der Waals surface area contributed by atoms with Gasteiger partial charge in [-0.15, -0.1) is 0 Å². The summed E-state index contributed by atoms with van der Waals surface area (Å²) in [6.07, 6.45) is 0. The van der Waals surface area contributed by atoms with Crippen LogP contribution >= 0.6 is 15.9 Å². The zero-order chi connectivity index (χ0) is 19.1. The number of ether oxygens (including phenoxy) is 2. The van der Waals surface area contributed by atoms with Gasteiger partial charge >= 0.3 is 0 Å². The van der Waals surface area contributed by atoms with Crippen LogP contribution in [0.1, 0.15) is 17.0 Å². The number of H-pyrrole nitrogens is 1. The molecule has 2 aromatic carbocycles. The number of methoxy groups -OCH3 is 1. The number of rotatable bonds is 2. The summed E-state index contributed by atoms with van der Waals surface area (Å²) < 4.78 is 11.7. The number of benzene rings is 2. The number of para-hydroxylation sites is 1. The number of nitriles is 1. The van der Waals surface area contributed by atoms with Crippen LogP contribution < -0.4 is 20.8 Å². The topological polar surface area (TPSA) is 101 Å². The van der Waals surface area contributed by atoms with Crippen molar-refractivity contribution in [2.45, 2.75) is 5.92 Å². The molecule has 3 aromatic rings. The third-order valence-corrected chi connectivity index (χ3v) is 5.21. The lowest BCUT2D eigenvalue weighted by molar-refractivity contribution is 0.396. The zero-order valence-electron chi connectivity index (χ0n) is 14.2. The van der Waals surface area contributed by atoms with Gasteiger partial charge in [-0.2, -0.15) is 5.26 Å². The Kier molecular flexibility index (Phi) is 4.13. The van der Waals surface area contributed by atoms with Crippen LogP contribution in [0.5, 0.6) is 11.5 Å². The highest BCUT2D eigenvalue weighted by Gasteiger charge is 2.34. The lowest BCUT2D eigenvalue weighted by atomic mass is 9.83. The van der Waals surface area contributed by atoms with Crippen LogP contribution in [0, 0.1) is 11.3 Å². The highest BCUT2D eigenvalue weighted by atomic mass is 79.9. The second-order valence-electron chi connectivity index (χ2n) is 6.06. The van der Waals surface area contributed by atoms with Crippen LogP contribution in [0.2, 0.25) is 0 Å². The van der Waals surface area contributed by atoms with Gasteiger partial charge in [-0.1, -0.05) is 18.2 Å². The second kappa shape index (κ2) is 6.49. The lowest BCUT2D eigenvalue weighted by Gasteiger charge is -2.26. The average Bonchev–Trinajstić information content (AvgIpc) is 2.67. The van der Waals surface area contributed by atoms with E-state index in [1.54, 1.807) is 19.2 Å². The molecule has 2 heterocycles. The van der Waals surface area contributed by atoms with E-state index < -0.39 is 5.92 Å². The summed E-state index contributed by atoms with van der Waals surface area (Å²) in [5, 5.41) is 10.4. The van der Waals surface area contributed by atoms with Crippen LogP contribution in [-0.2, 0) is 0 Å². The van der Waals surface area contributed by atoms with Gasteiger partial charge in [-0.05, 0) is 45.8 Å². The minimum Gasteiger partial charge on any atom is -0.496 e. The summed E-state index contributed by atoms with van der Waals surface area (Å²) in [6, 6.07) is 14.8. The molecule has 0 radical (unpaired) electrons. The van der Waals surface area contributed by atoms with Gasteiger partial charge in [0.05, 0.1) is 28.6 Å². The number of pyridine rings is 1. The monoisotopic (exact) mass is 423 g/mol. The van der Waals surface area contributed by atoms with Crippen molar-refractivity contribution >= 4 is 26.8 Å². The molecular weight excluding hydrogens is 410 g/mol. The van der Waals surface area contributed by atoms with Crippen molar-refractivity contribution in [2.75, 3.05) is 7.11 Å².